The van der Waals surface area contributed by atoms with Gasteiger partial charge in [-0.1, -0.05) is 0 Å². The highest BCUT2D eigenvalue weighted by Gasteiger charge is 2.69. The first-order valence-electron chi connectivity index (χ1n) is 6.00. The number of aliphatic carboxylic acids is 2. The van der Waals surface area contributed by atoms with Gasteiger partial charge in [0.25, 0.3) is 0 Å². The zero-order chi connectivity index (χ0) is 14.4. The van der Waals surface area contributed by atoms with E-state index in [-0.39, 0.29) is 18.3 Å². The van der Waals surface area contributed by atoms with Gasteiger partial charge in [0.2, 0.25) is 5.91 Å². The second-order valence-electron chi connectivity index (χ2n) is 5.20. The number of nitrogens with one attached hydrogen (secondary N) is 1. The number of carbonyl (C=O) groups excluding carboxylic acids is 1. The summed E-state index contributed by atoms with van der Waals surface area (Å²) in [6.45, 7) is -0.442. The molecule has 1 unspecified atom stereocenters. The zero-order valence-electron chi connectivity index (χ0n) is 10.5. The van der Waals surface area contributed by atoms with Crippen molar-refractivity contribution in [2.75, 3.05) is 6.54 Å². The van der Waals surface area contributed by atoms with E-state index in [1.165, 1.54) is 0 Å². The molecule has 6 N–H and O–H groups in total. The summed E-state index contributed by atoms with van der Waals surface area (Å²) in [5.74, 6) is -4.05. The molecule has 2 aliphatic carbocycles. The van der Waals surface area contributed by atoms with Crippen LogP contribution >= 0.6 is 12.4 Å². The summed E-state index contributed by atoms with van der Waals surface area (Å²) < 4.78 is 0. The van der Waals surface area contributed by atoms with Gasteiger partial charge in [-0.05, 0) is 18.8 Å². The van der Waals surface area contributed by atoms with E-state index in [0.29, 0.717) is 12.8 Å². The number of hydrogen-bond donors (Lipinski definition) is 5. The van der Waals surface area contributed by atoms with E-state index in [4.69, 9.17) is 21.1 Å². The average molecular weight is 309 g/mol. The molecule has 0 bridgehead atoms. The number of fused-ring (bicyclic) bond motifs is 1. The molecule has 0 saturated heterocycles. The van der Waals surface area contributed by atoms with E-state index >= 15 is 0 Å². The van der Waals surface area contributed by atoms with Crippen molar-refractivity contribution in [2.45, 2.75) is 24.5 Å². The van der Waals surface area contributed by atoms with Crippen LogP contribution in [0.4, 0.5) is 0 Å². The Labute approximate surface area is 120 Å². The van der Waals surface area contributed by atoms with Gasteiger partial charge in [0.1, 0.15) is 0 Å². The lowest BCUT2D eigenvalue weighted by Crippen LogP contribution is -2.56. The molecule has 2 saturated carbocycles. The number of nitrogens with two attached hydrogens (primary N) is 1. The first-order chi connectivity index (χ1) is 8.79. The summed E-state index contributed by atoms with van der Waals surface area (Å²) >= 11 is 0. The molecule has 0 heterocycles. The van der Waals surface area contributed by atoms with Crippen LogP contribution in [0.3, 0.4) is 0 Å². The quantitative estimate of drug-likeness (QED) is 0.411. The van der Waals surface area contributed by atoms with Gasteiger partial charge in [-0.3, -0.25) is 9.59 Å². The molecular weight excluding hydrogens is 292 g/mol. The minimum Gasteiger partial charge on any atom is -0.481 e. The van der Waals surface area contributed by atoms with Crippen LogP contribution in [0.2, 0.25) is 0 Å². The Hall–Kier alpha value is -1.38. The Morgan fingerprint density at radius 1 is 1.35 bits per heavy atom. The second-order valence-corrected chi connectivity index (χ2v) is 5.20. The van der Waals surface area contributed by atoms with Gasteiger partial charge in [-0.25, -0.2) is 4.79 Å². The first kappa shape index (κ1) is 16.7. The molecule has 0 aromatic rings. The third kappa shape index (κ3) is 2.58. The lowest BCUT2D eigenvalue weighted by molar-refractivity contribution is -0.146. The Bertz CT molecular complexity index is 445. The number of carboxylic acids is 2. The van der Waals surface area contributed by atoms with E-state index in [2.05, 4.69) is 5.32 Å². The van der Waals surface area contributed by atoms with Crippen LogP contribution in [0.15, 0.2) is 0 Å². The number of carboxylic acid groups (broad SMARTS) is 2. The fraction of sp³-hybridized carbons (Fsp3) is 0.727. The van der Waals surface area contributed by atoms with Crippen molar-refractivity contribution in [3.63, 3.8) is 0 Å². The van der Waals surface area contributed by atoms with Crippen LogP contribution in [-0.4, -0.2) is 51.4 Å². The van der Waals surface area contributed by atoms with Gasteiger partial charge in [0.05, 0.1) is 18.0 Å². The second kappa shape index (κ2) is 5.55. The Morgan fingerprint density at radius 2 is 1.95 bits per heavy atom. The zero-order valence-corrected chi connectivity index (χ0v) is 11.3. The van der Waals surface area contributed by atoms with Gasteiger partial charge in [-0.2, -0.15) is 0 Å². The van der Waals surface area contributed by atoms with Gasteiger partial charge in [-0.15, -0.1) is 12.4 Å². The Kier molecular flexibility index (Phi) is 4.62. The molecule has 2 fully saturated rings. The minimum absolute atomic E-state index is 0. The summed E-state index contributed by atoms with van der Waals surface area (Å²) in [6.07, 6.45) is -0.743. The molecule has 0 aliphatic heterocycles. The molecular formula is C11H17ClN2O6. The summed E-state index contributed by atoms with van der Waals surface area (Å²) in [5.41, 5.74) is 4.70. The van der Waals surface area contributed by atoms with Crippen LogP contribution < -0.4 is 11.1 Å². The molecule has 114 valence electrons. The third-order valence-corrected chi connectivity index (χ3v) is 4.10. The Balaban J connectivity index is 0.00000200. The van der Waals surface area contributed by atoms with Crippen molar-refractivity contribution in [1.29, 1.82) is 0 Å². The molecule has 0 aromatic heterocycles. The molecule has 9 heteroatoms. The third-order valence-electron chi connectivity index (χ3n) is 4.10. The van der Waals surface area contributed by atoms with Crippen molar-refractivity contribution >= 4 is 30.3 Å². The lowest BCUT2D eigenvalue weighted by atomic mass is 9.90. The van der Waals surface area contributed by atoms with Gasteiger partial charge in [0, 0.05) is 5.92 Å². The highest BCUT2D eigenvalue weighted by Crippen LogP contribution is 2.61. The van der Waals surface area contributed by atoms with Crippen molar-refractivity contribution in [1.82, 2.24) is 5.32 Å². The molecule has 5 atom stereocenters. The molecule has 0 spiro atoms. The maximum absolute atomic E-state index is 12.0. The monoisotopic (exact) mass is 308 g/mol. The topological polar surface area (TPSA) is 150 Å². The molecule has 0 aromatic carbocycles. The predicted octanol–water partition coefficient (Wildman–Crippen LogP) is -1.59. The number of halogens is 1. The van der Waals surface area contributed by atoms with Crippen molar-refractivity contribution in [3.8, 4) is 0 Å². The van der Waals surface area contributed by atoms with Crippen molar-refractivity contribution in [3.05, 3.63) is 0 Å². The van der Waals surface area contributed by atoms with Crippen LogP contribution in [-0.2, 0) is 14.4 Å². The smallest absolute Gasteiger partial charge is 0.334 e. The summed E-state index contributed by atoms with van der Waals surface area (Å²) in [6, 6.07) is 0. The summed E-state index contributed by atoms with van der Waals surface area (Å²) in [7, 11) is 0. The van der Waals surface area contributed by atoms with E-state index < -0.39 is 47.9 Å². The van der Waals surface area contributed by atoms with Crippen LogP contribution in [0, 0.1) is 17.8 Å². The number of aliphatic hydroxyl groups is 1. The van der Waals surface area contributed by atoms with Crippen molar-refractivity contribution in [2.24, 2.45) is 23.5 Å². The molecule has 2 aliphatic rings. The van der Waals surface area contributed by atoms with Crippen LogP contribution in [0.1, 0.15) is 12.8 Å². The van der Waals surface area contributed by atoms with E-state index in [9.17, 15) is 14.4 Å². The molecule has 0 radical (unpaired) electrons. The van der Waals surface area contributed by atoms with E-state index in [0.717, 1.165) is 0 Å². The largest absolute Gasteiger partial charge is 0.481 e. The Morgan fingerprint density at radius 3 is 2.40 bits per heavy atom. The standard InChI is InChI=1S/C11H16N2O6.ClH/c12-11(10(19)13-3-5(14)8(15)16)2-1-4-6(7(4)11)9(17)18;/h4-7,14H,1-3,12H2,(H,13,19)(H,15,16)(H,17,18);1H/t4-,5?,6-,7-,11-;/m0./s1. The lowest BCUT2D eigenvalue weighted by Gasteiger charge is -2.26. The number of amides is 1. The number of hydrogen-bond acceptors (Lipinski definition) is 5. The number of carbonyl (C=O) groups is 3. The maximum Gasteiger partial charge on any atom is 0.334 e. The normalized spacial score (nSPS) is 35.4. The molecule has 2 rings (SSSR count). The highest BCUT2D eigenvalue weighted by atomic mass is 35.5. The summed E-state index contributed by atoms with van der Waals surface area (Å²) in [5, 5.41) is 28.8. The van der Waals surface area contributed by atoms with Crippen molar-refractivity contribution < 1.29 is 29.7 Å². The van der Waals surface area contributed by atoms with E-state index in [1.54, 1.807) is 0 Å². The minimum atomic E-state index is -1.70. The highest BCUT2D eigenvalue weighted by molar-refractivity contribution is 5.90. The first-order valence-corrected chi connectivity index (χ1v) is 6.00. The predicted molar refractivity (Wildman–Crippen MR) is 68.2 cm³/mol. The van der Waals surface area contributed by atoms with Gasteiger partial charge in [0.15, 0.2) is 6.10 Å². The fourth-order valence-electron chi connectivity index (χ4n) is 3.05. The van der Waals surface area contributed by atoms with Crippen LogP contribution in [0.5, 0.6) is 0 Å². The molecule has 20 heavy (non-hydrogen) atoms. The van der Waals surface area contributed by atoms with Crippen LogP contribution in [0.25, 0.3) is 0 Å². The average Bonchev–Trinajstić information content (AvgIpc) is 2.99. The van der Waals surface area contributed by atoms with Gasteiger partial charge >= 0.3 is 11.9 Å². The maximum atomic E-state index is 12.0. The summed E-state index contributed by atoms with van der Waals surface area (Å²) in [4.78, 5) is 33.3. The number of rotatable bonds is 5. The molecule has 8 nitrogen and oxygen atoms in total. The van der Waals surface area contributed by atoms with Gasteiger partial charge < -0.3 is 26.4 Å². The SMILES string of the molecule is Cl.N[C@@]1(C(=O)NCC(O)C(=O)O)CC[C@H]2[C@H](C(=O)O)[C@H]21. The fourth-order valence-corrected chi connectivity index (χ4v) is 3.05. The number of aliphatic hydroxyl groups excluding tert-OH is 1. The molecule has 1 amide bonds. The van der Waals surface area contributed by atoms with E-state index in [1.807, 2.05) is 0 Å².